The number of hydrogen-bond donors (Lipinski definition) is 0. The van der Waals surface area contributed by atoms with Gasteiger partial charge < -0.3 is 4.57 Å². The summed E-state index contributed by atoms with van der Waals surface area (Å²) in [6.45, 7) is 0.126. The molecule has 5 rings (SSSR count). The van der Waals surface area contributed by atoms with Crippen molar-refractivity contribution in [1.29, 1.82) is 0 Å². The standard InChI is InChI=1S/C20H18F2N6O2/c1-26-10-23-18-17(26)19(30)27(11-24-18)9-14-6-16(29)28(25-14)15-7-20(22,8-15)12-2-4-13(21)5-3-12/h2-5,10-11,15H,6-9H2,1H3/t15-,20+. The topological polar surface area (TPSA) is 85.4 Å². The first-order chi connectivity index (χ1) is 14.3. The zero-order valence-electron chi connectivity index (χ0n) is 16.1. The van der Waals surface area contributed by atoms with Crippen LogP contribution in [0.5, 0.6) is 0 Å². The molecule has 1 amide bonds. The van der Waals surface area contributed by atoms with Crippen molar-refractivity contribution in [2.75, 3.05) is 0 Å². The first-order valence-electron chi connectivity index (χ1n) is 9.54. The number of halogens is 2. The molecule has 1 aliphatic carbocycles. The fourth-order valence-electron chi connectivity index (χ4n) is 4.10. The van der Waals surface area contributed by atoms with Gasteiger partial charge in [0.2, 0.25) is 5.91 Å². The van der Waals surface area contributed by atoms with E-state index in [0.29, 0.717) is 22.4 Å². The van der Waals surface area contributed by atoms with Gasteiger partial charge in [-0.3, -0.25) is 14.2 Å². The molecule has 0 spiro atoms. The third-order valence-corrected chi connectivity index (χ3v) is 5.74. The van der Waals surface area contributed by atoms with Gasteiger partial charge in [-0.15, -0.1) is 0 Å². The Morgan fingerprint density at radius 1 is 1.13 bits per heavy atom. The van der Waals surface area contributed by atoms with Gasteiger partial charge in [0.15, 0.2) is 11.2 Å². The molecule has 0 unspecified atom stereocenters. The number of carbonyl (C=O) groups is 1. The van der Waals surface area contributed by atoms with Gasteiger partial charge in [-0.1, -0.05) is 12.1 Å². The number of imidazole rings is 1. The third-order valence-electron chi connectivity index (χ3n) is 5.74. The molecular formula is C20H18F2N6O2. The van der Waals surface area contributed by atoms with Gasteiger partial charge in [0, 0.05) is 19.9 Å². The second-order valence-electron chi connectivity index (χ2n) is 7.82. The Hall–Kier alpha value is -3.43. The van der Waals surface area contributed by atoms with Gasteiger partial charge in [0.25, 0.3) is 5.56 Å². The minimum absolute atomic E-state index is 0.0716. The van der Waals surface area contributed by atoms with Crippen LogP contribution in [0.3, 0.4) is 0 Å². The van der Waals surface area contributed by atoms with Crippen LogP contribution in [0.15, 0.2) is 46.8 Å². The molecule has 1 aliphatic heterocycles. The molecule has 3 heterocycles. The largest absolute Gasteiger partial charge is 0.328 e. The lowest BCUT2D eigenvalue weighted by molar-refractivity contribution is -0.137. The van der Waals surface area contributed by atoms with Crippen LogP contribution >= 0.6 is 0 Å². The van der Waals surface area contributed by atoms with E-state index < -0.39 is 11.5 Å². The van der Waals surface area contributed by atoms with Gasteiger partial charge in [-0.2, -0.15) is 5.10 Å². The first-order valence-corrected chi connectivity index (χ1v) is 9.54. The normalized spacial score (nSPS) is 23.7. The molecule has 0 atom stereocenters. The lowest BCUT2D eigenvalue weighted by Gasteiger charge is -2.44. The second-order valence-corrected chi connectivity index (χ2v) is 7.82. The Labute approximate surface area is 169 Å². The van der Waals surface area contributed by atoms with Crippen LogP contribution in [0.25, 0.3) is 11.2 Å². The maximum atomic E-state index is 15.1. The number of amides is 1. The average molecular weight is 412 g/mol. The van der Waals surface area contributed by atoms with E-state index in [4.69, 9.17) is 0 Å². The van der Waals surface area contributed by atoms with Crippen molar-refractivity contribution in [3.8, 4) is 0 Å². The number of aryl methyl sites for hydroxylation is 1. The molecule has 0 radical (unpaired) electrons. The van der Waals surface area contributed by atoms with Crippen molar-refractivity contribution < 1.29 is 13.6 Å². The van der Waals surface area contributed by atoms with E-state index in [2.05, 4.69) is 15.1 Å². The van der Waals surface area contributed by atoms with Gasteiger partial charge in [-0.25, -0.2) is 23.8 Å². The first kappa shape index (κ1) is 18.6. The average Bonchev–Trinajstić information content (AvgIpc) is 3.25. The number of fused-ring (bicyclic) bond motifs is 1. The van der Waals surface area contributed by atoms with E-state index in [9.17, 15) is 14.0 Å². The molecule has 10 heteroatoms. The smallest absolute Gasteiger partial charge is 0.279 e. The summed E-state index contributed by atoms with van der Waals surface area (Å²) in [7, 11) is 1.71. The number of hydrogen-bond acceptors (Lipinski definition) is 5. The minimum atomic E-state index is -1.59. The van der Waals surface area contributed by atoms with Crippen molar-refractivity contribution in [3.05, 3.63) is 58.7 Å². The second kappa shape index (κ2) is 6.54. The molecule has 0 saturated heterocycles. The van der Waals surface area contributed by atoms with Crippen LogP contribution in [-0.2, 0) is 24.1 Å². The Bertz CT molecular complexity index is 1240. The Kier molecular flexibility index (Phi) is 4.05. The molecule has 154 valence electrons. The van der Waals surface area contributed by atoms with E-state index >= 15 is 4.39 Å². The Balaban J connectivity index is 1.32. The molecule has 2 aromatic heterocycles. The maximum Gasteiger partial charge on any atom is 0.279 e. The Morgan fingerprint density at radius 2 is 1.83 bits per heavy atom. The quantitative estimate of drug-likeness (QED) is 0.655. The summed E-state index contributed by atoms with van der Waals surface area (Å²) >= 11 is 0. The summed E-state index contributed by atoms with van der Waals surface area (Å²) in [4.78, 5) is 33.3. The van der Waals surface area contributed by atoms with Crippen LogP contribution in [0.1, 0.15) is 24.8 Å². The van der Waals surface area contributed by atoms with Crippen molar-refractivity contribution in [1.82, 2.24) is 24.1 Å². The van der Waals surface area contributed by atoms with Crippen molar-refractivity contribution in [3.63, 3.8) is 0 Å². The van der Waals surface area contributed by atoms with E-state index in [0.717, 1.165) is 0 Å². The SMILES string of the molecule is Cn1cnc2ncn(CC3=NN([C@H]4C[C@](F)(c5ccc(F)cc5)C4)C(=O)C3)c(=O)c21. The monoisotopic (exact) mass is 412 g/mol. The number of alkyl halides is 1. The molecule has 3 aromatic rings. The summed E-state index contributed by atoms with van der Waals surface area (Å²) in [5.74, 6) is -0.644. The fourth-order valence-corrected chi connectivity index (χ4v) is 4.10. The highest BCUT2D eigenvalue weighted by Crippen LogP contribution is 2.48. The number of rotatable bonds is 4. The van der Waals surface area contributed by atoms with Crippen molar-refractivity contribution >= 4 is 22.8 Å². The lowest BCUT2D eigenvalue weighted by Crippen LogP contribution is -2.50. The molecule has 0 bridgehead atoms. The third kappa shape index (κ3) is 2.90. The predicted molar refractivity (Wildman–Crippen MR) is 104 cm³/mol. The summed E-state index contributed by atoms with van der Waals surface area (Å²) in [6, 6.07) is 4.96. The van der Waals surface area contributed by atoms with Gasteiger partial charge in [-0.05, 0) is 17.7 Å². The number of carbonyl (C=O) groups excluding carboxylic acids is 1. The van der Waals surface area contributed by atoms with E-state index in [1.807, 2.05) is 0 Å². The molecular weight excluding hydrogens is 394 g/mol. The van der Waals surface area contributed by atoms with E-state index in [-0.39, 0.29) is 43.3 Å². The maximum absolute atomic E-state index is 15.1. The summed E-state index contributed by atoms with van der Waals surface area (Å²) < 4.78 is 31.2. The summed E-state index contributed by atoms with van der Waals surface area (Å²) in [5.41, 5.74) is -0.209. The van der Waals surface area contributed by atoms with E-state index in [1.54, 1.807) is 11.6 Å². The lowest BCUT2D eigenvalue weighted by atomic mass is 9.72. The fraction of sp³-hybridized carbons (Fsp3) is 0.350. The van der Waals surface area contributed by atoms with Gasteiger partial charge in [0.05, 0.1) is 31.0 Å². The molecule has 0 N–H and O–H groups in total. The molecule has 8 nitrogen and oxygen atoms in total. The zero-order chi connectivity index (χ0) is 21.0. The van der Waals surface area contributed by atoms with Crippen LogP contribution < -0.4 is 5.56 Å². The number of hydrazone groups is 1. The highest BCUT2D eigenvalue weighted by Gasteiger charge is 2.51. The number of aromatic nitrogens is 4. The van der Waals surface area contributed by atoms with Crippen LogP contribution in [0.4, 0.5) is 8.78 Å². The predicted octanol–water partition coefficient (Wildman–Crippen LogP) is 1.88. The minimum Gasteiger partial charge on any atom is -0.328 e. The number of nitrogens with zero attached hydrogens (tertiary/aromatic N) is 6. The summed E-state index contributed by atoms with van der Waals surface area (Å²) in [6.07, 6.45) is 3.18. The zero-order valence-corrected chi connectivity index (χ0v) is 16.1. The van der Waals surface area contributed by atoms with Gasteiger partial charge >= 0.3 is 0 Å². The molecule has 2 aliphatic rings. The van der Waals surface area contributed by atoms with E-state index in [1.165, 1.54) is 46.5 Å². The molecule has 30 heavy (non-hydrogen) atoms. The molecule has 1 saturated carbocycles. The van der Waals surface area contributed by atoms with Gasteiger partial charge in [0.1, 0.15) is 17.8 Å². The van der Waals surface area contributed by atoms with Crippen LogP contribution in [0, 0.1) is 5.82 Å². The number of benzene rings is 1. The van der Waals surface area contributed by atoms with Crippen LogP contribution in [-0.4, -0.2) is 41.8 Å². The molecule has 1 aromatic carbocycles. The molecule has 1 fully saturated rings. The highest BCUT2D eigenvalue weighted by atomic mass is 19.1. The highest BCUT2D eigenvalue weighted by molar-refractivity contribution is 6.05. The Morgan fingerprint density at radius 3 is 2.57 bits per heavy atom. The van der Waals surface area contributed by atoms with Crippen LogP contribution in [0.2, 0.25) is 0 Å². The van der Waals surface area contributed by atoms with Crippen molar-refractivity contribution in [2.24, 2.45) is 12.1 Å². The summed E-state index contributed by atoms with van der Waals surface area (Å²) in [5, 5.41) is 5.67. The van der Waals surface area contributed by atoms with Crippen molar-refractivity contribution in [2.45, 2.75) is 37.5 Å².